The van der Waals surface area contributed by atoms with Crippen LogP contribution in [0.15, 0.2) is 72.9 Å². The summed E-state index contributed by atoms with van der Waals surface area (Å²) in [6.07, 6.45) is 3.48. The molecule has 0 bridgehead atoms. The molecule has 154 valence electrons. The lowest BCUT2D eigenvalue weighted by molar-refractivity contribution is -0.123. The summed E-state index contributed by atoms with van der Waals surface area (Å²) in [6.45, 7) is 1.07. The Balaban J connectivity index is 1.33. The molecule has 0 N–H and O–H groups in total. The fourth-order valence-corrected chi connectivity index (χ4v) is 4.01. The van der Waals surface area contributed by atoms with Gasteiger partial charge in [0.2, 0.25) is 0 Å². The van der Waals surface area contributed by atoms with Gasteiger partial charge in [0.1, 0.15) is 5.78 Å². The maximum atomic E-state index is 12.8. The SMILES string of the molecule is N#Cc1ccccc1C(=O)N1CCC(C(=O)Cc2ccc(-c3ccccn3)cc2)CC1. The lowest BCUT2D eigenvalue weighted by atomic mass is 9.88. The fourth-order valence-electron chi connectivity index (χ4n) is 4.01. The van der Waals surface area contributed by atoms with Crippen LogP contribution in [0, 0.1) is 17.2 Å². The van der Waals surface area contributed by atoms with E-state index in [-0.39, 0.29) is 17.6 Å². The lowest BCUT2D eigenvalue weighted by Gasteiger charge is -2.31. The largest absolute Gasteiger partial charge is 0.339 e. The van der Waals surface area contributed by atoms with Gasteiger partial charge in [0, 0.05) is 37.2 Å². The molecule has 0 unspecified atom stereocenters. The molecule has 4 rings (SSSR count). The second-order valence-corrected chi connectivity index (χ2v) is 7.78. The van der Waals surface area contributed by atoms with Crippen LogP contribution in [0.1, 0.15) is 34.3 Å². The van der Waals surface area contributed by atoms with Crippen LogP contribution < -0.4 is 0 Å². The van der Waals surface area contributed by atoms with Crippen molar-refractivity contribution in [3.05, 3.63) is 89.6 Å². The summed E-state index contributed by atoms with van der Waals surface area (Å²) in [5.41, 5.74) is 3.76. The van der Waals surface area contributed by atoms with E-state index >= 15 is 0 Å². The van der Waals surface area contributed by atoms with Crippen LogP contribution in [0.5, 0.6) is 0 Å². The van der Waals surface area contributed by atoms with Gasteiger partial charge in [0.15, 0.2) is 0 Å². The number of Topliss-reactive ketones (excluding diaryl/α,β-unsaturated/α-hetero) is 1. The molecule has 2 aromatic carbocycles. The van der Waals surface area contributed by atoms with Crippen molar-refractivity contribution in [2.75, 3.05) is 13.1 Å². The van der Waals surface area contributed by atoms with Crippen molar-refractivity contribution in [1.29, 1.82) is 5.26 Å². The number of rotatable bonds is 5. The average molecular weight is 409 g/mol. The molecule has 0 saturated carbocycles. The van der Waals surface area contributed by atoms with Crippen LogP contribution in [0.3, 0.4) is 0 Å². The summed E-state index contributed by atoms with van der Waals surface area (Å²) in [6, 6.07) is 22.7. The van der Waals surface area contributed by atoms with Gasteiger partial charge in [-0.3, -0.25) is 14.6 Å². The van der Waals surface area contributed by atoms with Gasteiger partial charge in [0.25, 0.3) is 5.91 Å². The van der Waals surface area contributed by atoms with Crippen molar-refractivity contribution in [3.63, 3.8) is 0 Å². The second kappa shape index (κ2) is 9.36. The van der Waals surface area contributed by atoms with Crippen LogP contribution in [-0.4, -0.2) is 34.7 Å². The van der Waals surface area contributed by atoms with Gasteiger partial charge in [-0.15, -0.1) is 0 Å². The molecular weight excluding hydrogens is 386 g/mol. The molecule has 1 fully saturated rings. The number of benzene rings is 2. The number of likely N-dealkylation sites (tertiary alicyclic amines) is 1. The quantitative estimate of drug-likeness (QED) is 0.630. The molecule has 1 saturated heterocycles. The first kappa shape index (κ1) is 20.5. The van der Waals surface area contributed by atoms with Gasteiger partial charge in [-0.1, -0.05) is 42.5 Å². The Bertz CT molecular complexity index is 1110. The third-order valence-electron chi connectivity index (χ3n) is 5.81. The lowest BCUT2D eigenvalue weighted by Crippen LogP contribution is -2.40. The van der Waals surface area contributed by atoms with Crippen LogP contribution >= 0.6 is 0 Å². The van der Waals surface area contributed by atoms with Gasteiger partial charge >= 0.3 is 0 Å². The van der Waals surface area contributed by atoms with Gasteiger partial charge in [-0.05, 0) is 42.7 Å². The average Bonchev–Trinajstić information content (AvgIpc) is 2.84. The van der Waals surface area contributed by atoms with Crippen LogP contribution in [0.2, 0.25) is 0 Å². The predicted octanol–water partition coefficient (Wildman–Crippen LogP) is 4.28. The van der Waals surface area contributed by atoms with E-state index in [1.807, 2.05) is 42.5 Å². The first-order valence-electron chi connectivity index (χ1n) is 10.5. The standard InChI is InChI=1S/C26H23N3O2/c27-18-22-5-1-2-6-23(22)26(31)29-15-12-21(13-16-29)25(30)17-19-8-10-20(11-9-19)24-7-3-4-14-28-24/h1-11,14,21H,12-13,15-17H2. The normalized spacial score (nSPS) is 14.1. The number of ketones is 1. The Morgan fingerprint density at radius 3 is 2.35 bits per heavy atom. The number of hydrogen-bond donors (Lipinski definition) is 0. The molecule has 1 aromatic heterocycles. The smallest absolute Gasteiger partial charge is 0.255 e. The fraction of sp³-hybridized carbons (Fsp3) is 0.231. The molecule has 0 aliphatic carbocycles. The van der Waals surface area contributed by atoms with Crippen molar-refractivity contribution >= 4 is 11.7 Å². The van der Waals surface area contributed by atoms with E-state index in [0.717, 1.165) is 16.8 Å². The van der Waals surface area contributed by atoms with Crippen molar-refractivity contribution in [1.82, 2.24) is 9.88 Å². The molecule has 1 amide bonds. The Morgan fingerprint density at radius 1 is 0.968 bits per heavy atom. The number of carbonyl (C=O) groups is 2. The number of amides is 1. The molecule has 1 aliphatic rings. The van der Waals surface area contributed by atoms with E-state index in [0.29, 0.717) is 43.5 Å². The molecule has 1 aliphatic heterocycles. The summed E-state index contributed by atoms with van der Waals surface area (Å²) in [7, 11) is 0. The topological polar surface area (TPSA) is 74.1 Å². The second-order valence-electron chi connectivity index (χ2n) is 7.78. The first-order chi connectivity index (χ1) is 15.2. The Hall–Kier alpha value is -3.78. The van der Waals surface area contributed by atoms with Gasteiger partial charge in [0.05, 0.1) is 22.9 Å². The highest BCUT2D eigenvalue weighted by Crippen LogP contribution is 2.23. The first-order valence-corrected chi connectivity index (χ1v) is 10.5. The maximum absolute atomic E-state index is 12.8. The number of piperidine rings is 1. The van der Waals surface area contributed by atoms with E-state index in [1.54, 1.807) is 35.4 Å². The van der Waals surface area contributed by atoms with Crippen molar-refractivity contribution in [3.8, 4) is 17.3 Å². The van der Waals surface area contributed by atoms with E-state index in [1.165, 1.54) is 0 Å². The summed E-state index contributed by atoms with van der Waals surface area (Å²) in [4.78, 5) is 31.7. The zero-order valence-electron chi connectivity index (χ0n) is 17.2. The van der Waals surface area contributed by atoms with Gasteiger partial charge in [-0.25, -0.2) is 0 Å². The molecule has 2 heterocycles. The summed E-state index contributed by atoms with van der Waals surface area (Å²) in [5, 5.41) is 9.23. The zero-order chi connectivity index (χ0) is 21.6. The summed E-state index contributed by atoms with van der Waals surface area (Å²) in [5.74, 6) is 0.0500. The van der Waals surface area contributed by atoms with Crippen LogP contribution in [0.4, 0.5) is 0 Å². The number of aromatic nitrogens is 1. The highest BCUT2D eigenvalue weighted by Gasteiger charge is 2.28. The minimum Gasteiger partial charge on any atom is -0.339 e. The summed E-state index contributed by atoms with van der Waals surface area (Å²) >= 11 is 0. The maximum Gasteiger partial charge on any atom is 0.255 e. The van der Waals surface area contributed by atoms with Gasteiger partial charge in [-0.2, -0.15) is 5.26 Å². The Kier molecular flexibility index (Phi) is 6.18. The summed E-state index contributed by atoms with van der Waals surface area (Å²) < 4.78 is 0. The number of hydrogen-bond acceptors (Lipinski definition) is 4. The van der Waals surface area contributed by atoms with Gasteiger partial charge < -0.3 is 4.90 Å². The predicted molar refractivity (Wildman–Crippen MR) is 118 cm³/mol. The van der Waals surface area contributed by atoms with E-state index in [2.05, 4.69) is 11.1 Å². The number of nitriles is 1. The number of pyridine rings is 1. The Morgan fingerprint density at radius 2 is 1.68 bits per heavy atom. The van der Waals surface area contributed by atoms with E-state index < -0.39 is 0 Å². The molecule has 0 radical (unpaired) electrons. The molecule has 0 spiro atoms. The monoisotopic (exact) mass is 409 g/mol. The third-order valence-corrected chi connectivity index (χ3v) is 5.81. The Labute approximate surface area is 182 Å². The van der Waals surface area contributed by atoms with Crippen molar-refractivity contribution in [2.24, 2.45) is 5.92 Å². The number of carbonyl (C=O) groups excluding carboxylic acids is 2. The van der Waals surface area contributed by atoms with E-state index in [9.17, 15) is 14.9 Å². The van der Waals surface area contributed by atoms with Crippen LogP contribution in [0.25, 0.3) is 11.3 Å². The minimum absolute atomic E-state index is 0.0364. The third kappa shape index (κ3) is 4.70. The van der Waals surface area contributed by atoms with Crippen LogP contribution in [-0.2, 0) is 11.2 Å². The highest BCUT2D eigenvalue weighted by molar-refractivity contribution is 5.96. The number of nitrogens with zero attached hydrogens (tertiary/aromatic N) is 3. The van der Waals surface area contributed by atoms with Crippen molar-refractivity contribution in [2.45, 2.75) is 19.3 Å². The molecule has 3 aromatic rings. The highest BCUT2D eigenvalue weighted by atomic mass is 16.2. The van der Waals surface area contributed by atoms with E-state index in [4.69, 9.17) is 0 Å². The van der Waals surface area contributed by atoms with Crippen molar-refractivity contribution < 1.29 is 9.59 Å². The molecule has 31 heavy (non-hydrogen) atoms. The molecule has 0 atom stereocenters. The zero-order valence-corrected chi connectivity index (χ0v) is 17.2. The molecule has 5 heteroatoms. The molecule has 5 nitrogen and oxygen atoms in total. The minimum atomic E-state index is -0.131. The molecular formula is C26H23N3O2.